The molecule has 1 fully saturated rings. The van der Waals surface area contributed by atoms with E-state index in [0.29, 0.717) is 11.7 Å². The molecule has 1 aromatic rings. The number of alkyl halides is 2. The summed E-state index contributed by atoms with van der Waals surface area (Å²) in [5.41, 5.74) is 0.755. The first-order chi connectivity index (χ1) is 8.65. The summed E-state index contributed by atoms with van der Waals surface area (Å²) in [5, 5.41) is 0. The molecule has 1 aliphatic heterocycles. The highest BCUT2D eigenvalue weighted by molar-refractivity contribution is 9.10. The van der Waals surface area contributed by atoms with Crippen molar-refractivity contribution in [2.45, 2.75) is 25.6 Å². The van der Waals surface area contributed by atoms with Gasteiger partial charge in [-0.1, -0.05) is 22.0 Å². The van der Waals surface area contributed by atoms with Gasteiger partial charge in [-0.15, -0.1) is 0 Å². The van der Waals surface area contributed by atoms with Crippen molar-refractivity contribution >= 4 is 22.0 Å². The van der Waals surface area contributed by atoms with Gasteiger partial charge in [-0.3, -0.25) is 0 Å². The zero-order valence-corrected chi connectivity index (χ0v) is 11.0. The van der Waals surface area contributed by atoms with Gasteiger partial charge < -0.3 is 9.47 Å². The maximum Gasteiger partial charge on any atom is 0.387 e. The Hall–Kier alpha value is -1.10. The van der Waals surface area contributed by atoms with E-state index in [0.717, 1.165) is 22.9 Å². The van der Waals surface area contributed by atoms with Gasteiger partial charge in [0.2, 0.25) is 0 Å². The van der Waals surface area contributed by atoms with Gasteiger partial charge in [0.1, 0.15) is 6.10 Å². The Kier molecular flexibility index (Phi) is 3.01. The average Bonchev–Trinajstić information content (AvgIpc) is 3.16. The number of benzene rings is 1. The lowest BCUT2D eigenvalue weighted by Crippen LogP contribution is -2.20. The van der Waals surface area contributed by atoms with E-state index in [1.54, 1.807) is 6.07 Å². The molecule has 0 aromatic heterocycles. The molecular formula is C13H11BrF2O2. The van der Waals surface area contributed by atoms with E-state index >= 15 is 0 Å². The molecule has 2 nitrogen and oxygen atoms in total. The highest BCUT2D eigenvalue weighted by Crippen LogP contribution is 2.45. The second kappa shape index (κ2) is 4.53. The molecule has 0 N–H and O–H groups in total. The van der Waals surface area contributed by atoms with Crippen LogP contribution in [-0.4, -0.2) is 12.7 Å². The number of rotatable bonds is 3. The average molecular weight is 317 g/mol. The number of hydrogen-bond acceptors (Lipinski definition) is 2. The van der Waals surface area contributed by atoms with Gasteiger partial charge >= 0.3 is 6.61 Å². The van der Waals surface area contributed by atoms with Gasteiger partial charge in [-0.05, 0) is 37.0 Å². The SMILES string of the molecule is FC(F)Oc1ccc(Br)c2c1OC(C1CC1)C=C2. The summed E-state index contributed by atoms with van der Waals surface area (Å²) in [4.78, 5) is 0. The maximum atomic E-state index is 12.4. The fraction of sp³-hybridized carbons (Fsp3) is 0.385. The Bertz CT molecular complexity index is 498. The fourth-order valence-corrected chi connectivity index (χ4v) is 2.51. The lowest BCUT2D eigenvalue weighted by atomic mass is 10.1. The Morgan fingerprint density at radius 3 is 2.78 bits per heavy atom. The van der Waals surface area contributed by atoms with Crippen molar-refractivity contribution in [3.8, 4) is 11.5 Å². The van der Waals surface area contributed by atoms with Gasteiger partial charge in [0, 0.05) is 10.0 Å². The number of fused-ring (bicyclic) bond motifs is 1. The van der Waals surface area contributed by atoms with Crippen LogP contribution in [0.5, 0.6) is 11.5 Å². The van der Waals surface area contributed by atoms with Crippen molar-refractivity contribution in [3.05, 3.63) is 28.2 Å². The van der Waals surface area contributed by atoms with Crippen molar-refractivity contribution in [1.82, 2.24) is 0 Å². The molecular weight excluding hydrogens is 306 g/mol. The van der Waals surface area contributed by atoms with Gasteiger partial charge in [-0.2, -0.15) is 8.78 Å². The van der Waals surface area contributed by atoms with Gasteiger partial charge in [0.25, 0.3) is 0 Å². The zero-order chi connectivity index (χ0) is 12.7. The minimum Gasteiger partial charge on any atom is -0.481 e. The summed E-state index contributed by atoms with van der Waals surface area (Å²) < 4.78 is 35.8. The molecule has 3 rings (SSSR count). The van der Waals surface area contributed by atoms with E-state index in [1.165, 1.54) is 6.07 Å². The predicted octanol–water partition coefficient (Wildman–Crippen LogP) is 4.23. The minimum absolute atomic E-state index is 0.0215. The fourth-order valence-electron chi connectivity index (χ4n) is 2.07. The lowest BCUT2D eigenvalue weighted by molar-refractivity contribution is -0.0520. The zero-order valence-electron chi connectivity index (χ0n) is 9.41. The third kappa shape index (κ3) is 2.23. The first-order valence-corrected chi connectivity index (χ1v) is 6.56. The second-order valence-electron chi connectivity index (χ2n) is 4.45. The highest BCUT2D eigenvalue weighted by Gasteiger charge is 2.34. The molecule has 5 heteroatoms. The largest absolute Gasteiger partial charge is 0.481 e. The number of hydrogen-bond donors (Lipinski definition) is 0. The highest BCUT2D eigenvalue weighted by atomic mass is 79.9. The quantitative estimate of drug-likeness (QED) is 0.830. The molecule has 1 saturated carbocycles. The van der Waals surface area contributed by atoms with Crippen LogP contribution in [0.25, 0.3) is 6.08 Å². The standard InChI is InChI=1S/C13H11BrF2O2/c14-9-4-6-11(18-13(15)16)12-8(9)3-5-10(17-12)7-1-2-7/h3-7,10,13H,1-2H2. The van der Waals surface area contributed by atoms with Crippen LogP contribution in [0.1, 0.15) is 18.4 Å². The normalized spacial score (nSPS) is 21.7. The third-order valence-corrected chi connectivity index (χ3v) is 3.81. The molecule has 96 valence electrons. The summed E-state index contributed by atoms with van der Waals surface area (Å²) in [6, 6.07) is 3.18. The summed E-state index contributed by atoms with van der Waals surface area (Å²) >= 11 is 3.38. The maximum absolute atomic E-state index is 12.4. The van der Waals surface area contributed by atoms with Crippen LogP contribution in [0, 0.1) is 5.92 Å². The summed E-state index contributed by atoms with van der Waals surface area (Å²) in [6.45, 7) is -2.84. The van der Waals surface area contributed by atoms with Crippen LogP contribution in [0.2, 0.25) is 0 Å². The van der Waals surface area contributed by atoms with Gasteiger partial charge in [-0.25, -0.2) is 0 Å². The number of ether oxygens (including phenoxy) is 2. The number of halogens is 3. The molecule has 0 saturated heterocycles. The Morgan fingerprint density at radius 1 is 1.33 bits per heavy atom. The smallest absolute Gasteiger partial charge is 0.387 e. The van der Waals surface area contributed by atoms with Crippen molar-refractivity contribution in [1.29, 1.82) is 0 Å². The van der Waals surface area contributed by atoms with Crippen LogP contribution in [0.4, 0.5) is 8.78 Å². The molecule has 1 heterocycles. The molecule has 18 heavy (non-hydrogen) atoms. The van der Waals surface area contributed by atoms with Gasteiger partial charge in [0.05, 0.1) is 0 Å². The van der Waals surface area contributed by atoms with Crippen molar-refractivity contribution < 1.29 is 18.3 Å². The van der Waals surface area contributed by atoms with Gasteiger partial charge in [0.15, 0.2) is 11.5 Å². The summed E-state index contributed by atoms with van der Waals surface area (Å²) in [5.74, 6) is 1.01. The molecule has 1 aromatic carbocycles. The van der Waals surface area contributed by atoms with E-state index < -0.39 is 6.61 Å². The first-order valence-electron chi connectivity index (χ1n) is 5.77. The van der Waals surface area contributed by atoms with Crippen molar-refractivity contribution in [2.24, 2.45) is 5.92 Å². The van der Waals surface area contributed by atoms with Crippen LogP contribution in [0.15, 0.2) is 22.7 Å². The molecule has 0 amide bonds. The van der Waals surface area contributed by atoms with E-state index in [2.05, 4.69) is 20.7 Å². The van der Waals surface area contributed by atoms with Crippen molar-refractivity contribution in [3.63, 3.8) is 0 Å². The minimum atomic E-state index is -2.84. The van der Waals surface area contributed by atoms with E-state index in [-0.39, 0.29) is 11.9 Å². The molecule has 1 aliphatic carbocycles. The van der Waals surface area contributed by atoms with Crippen LogP contribution < -0.4 is 9.47 Å². The molecule has 0 radical (unpaired) electrons. The Morgan fingerprint density at radius 2 is 2.11 bits per heavy atom. The van der Waals surface area contributed by atoms with Crippen LogP contribution in [-0.2, 0) is 0 Å². The Labute approximate surface area is 112 Å². The first kappa shape index (κ1) is 12.0. The van der Waals surface area contributed by atoms with E-state index in [1.807, 2.05) is 12.2 Å². The van der Waals surface area contributed by atoms with Crippen LogP contribution in [0.3, 0.4) is 0 Å². The topological polar surface area (TPSA) is 18.5 Å². The summed E-state index contributed by atoms with van der Waals surface area (Å²) in [6.07, 6.45) is 6.13. The Balaban J connectivity index is 1.96. The van der Waals surface area contributed by atoms with E-state index in [4.69, 9.17) is 4.74 Å². The predicted molar refractivity (Wildman–Crippen MR) is 66.9 cm³/mol. The molecule has 0 bridgehead atoms. The van der Waals surface area contributed by atoms with Crippen molar-refractivity contribution in [2.75, 3.05) is 0 Å². The van der Waals surface area contributed by atoms with Crippen LogP contribution >= 0.6 is 15.9 Å². The monoisotopic (exact) mass is 316 g/mol. The molecule has 2 aliphatic rings. The molecule has 1 atom stereocenters. The second-order valence-corrected chi connectivity index (χ2v) is 5.30. The third-order valence-electron chi connectivity index (χ3n) is 3.12. The molecule has 0 spiro atoms. The molecule has 1 unspecified atom stereocenters. The lowest BCUT2D eigenvalue weighted by Gasteiger charge is -2.24. The van der Waals surface area contributed by atoms with E-state index in [9.17, 15) is 8.78 Å². The summed E-state index contributed by atoms with van der Waals surface area (Å²) in [7, 11) is 0.